The van der Waals surface area contributed by atoms with E-state index in [1.54, 1.807) is 19.2 Å². The molecule has 7 nitrogen and oxygen atoms in total. The van der Waals surface area contributed by atoms with E-state index in [4.69, 9.17) is 4.42 Å². The van der Waals surface area contributed by atoms with Crippen LogP contribution in [0, 0.1) is 0 Å². The van der Waals surface area contributed by atoms with Crippen LogP contribution < -0.4 is 16.0 Å². The van der Waals surface area contributed by atoms with Crippen LogP contribution in [0.1, 0.15) is 48.7 Å². The lowest BCUT2D eigenvalue weighted by molar-refractivity contribution is 0.0996. The highest BCUT2D eigenvalue weighted by atomic mass is 16.3. The number of furan rings is 1. The van der Waals surface area contributed by atoms with Crippen molar-refractivity contribution in [3.63, 3.8) is 0 Å². The van der Waals surface area contributed by atoms with Gasteiger partial charge in [-0.3, -0.25) is 14.7 Å². The van der Waals surface area contributed by atoms with E-state index in [0.717, 1.165) is 36.3 Å². The first-order valence-corrected chi connectivity index (χ1v) is 10.8. The lowest BCUT2D eigenvalue weighted by Gasteiger charge is -2.35. The standard InChI is InChI=1S/C23H33N5O2/c1-3-20-7-4-5-14-28(20)15-13-25-23(24-2)26-17-18-9-11-19(12-10-18)27-22(29)21-8-6-16-30-21/h6,8-12,16,20H,3-5,7,13-15,17H2,1-2H3,(H,27,29)(H2,24,25,26). The van der Waals surface area contributed by atoms with Gasteiger partial charge in [0.1, 0.15) is 0 Å². The molecule has 7 heteroatoms. The fourth-order valence-electron chi connectivity index (χ4n) is 3.85. The minimum absolute atomic E-state index is 0.255. The van der Waals surface area contributed by atoms with Crippen LogP contribution in [0.5, 0.6) is 0 Å². The van der Waals surface area contributed by atoms with Crippen LogP contribution in [0.15, 0.2) is 52.1 Å². The van der Waals surface area contributed by atoms with Gasteiger partial charge in [0, 0.05) is 38.4 Å². The van der Waals surface area contributed by atoms with Gasteiger partial charge >= 0.3 is 0 Å². The van der Waals surface area contributed by atoms with Crippen molar-refractivity contribution in [1.82, 2.24) is 15.5 Å². The quantitative estimate of drug-likeness (QED) is 0.458. The summed E-state index contributed by atoms with van der Waals surface area (Å²) >= 11 is 0. The first kappa shape index (κ1) is 21.9. The fraction of sp³-hybridized carbons (Fsp3) is 0.478. The molecule has 0 aliphatic carbocycles. The second-order valence-electron chi connectivity index (χ2n) is 7.57. The van der Waals surface area contributed by atoms with Crippen molar-refractivity contribution in [2.24, 2.45) is 4.99 Å². The number of likely N-dealkylation sites (tertiary alicyclic amines) is 1. The molecule has 162 valence electrons. The molecule has 1 fully saturated rings. The summed E-state index contributed by atoms with van der Waals surface area (Å²) in [6.45, 7) is 6.07. The molecule has 30 heavy (non-hydrogen) atoms. The van der Waals surface area contributed by atoms with Gasteiger partial charge in [0.25, 0.3) is 5.91 Å². The van der Waals surface area contributed by atoms with E-state index >= 15 is 0 Å². The number of hydrogen-bond donors (Lipinski definition) is 3. The maximum absolute atomic E-state index is 12.0. The minimum Gasteiger partial charge on any atom is -0.459 e. The van der Waals surface area contributed by atoms with E-state index in [2.05, 4.69) is 32.8 Å². The van der Waals surface area contributed by atoms with Crippen molar-refractivity contribution < 1.29 is 9.21 Å². The zero-order valence-corrected chi connectivity index (χ0v) is 18.0. The average Bonchev–Trinajstić information content (AvgIpc) is 3.32. The van der Waals surface area contributed by atoms with Gasteiger partial charge in [-0.2, -0.15) is 0 Å². The van der Waals surface area contributed by atoms with E-state index < -0.39 is 0 Å². The molecule has 1 atom stereocenters. The summed E-state index contributed by atoms with van der Waals surface area (Å²) in [6.07, 6.45) is 6.70. The highest BCUT2D eigenvalue weighted by molar-refractivity contribution is 6.02. The molecule has 3 N–H and O–H groups in total. The number of hydrogen-bond acceptors (Lipinski definition) is 4. The van der Waals surface area contributed by atoms with Gasteiger partial charge in [-0.25, -0.2) is 0 Å². The Morgan fingerprint density at radius 2 is 2.03 bits per heavy atom. The van der Waals surface area contributed by atoms with E-state index in [0.29, 0.717) is 12.3 Å². The summed E-state index contributed by atoms with van der Waals surface area (Å²) in [4.78, 5) is 18.9. The summed E-state index contributed by atoms with van der Waals surface area (Å²) in [6, 6.07) is 11.8. The highest BCUT2D eigenvalue weighted by Crippen LogP contribution is 2.18. The van der Waals surface area contributed by atoms with Crippen molar-refractivity contribution in [3.8, 4) is 0 Å². The molecule has 1 aromatic carbocycles. The highest BCUT2D eigenvalue weighted by Gasteiger charge is 2.19. The van der Waals surface area contributed by atoms with Crippen molar-refractivity contribution in [2.75, 3.05) is 32.0 Å². The third-order valence-electron chi connectivity index (χ3n) is 5.55. The van der Waals surface area contributed by atoms with Gasteiger partial charge in [0.05, 0.1) is 6.26 Å². The van der Waals surface area contributed by atoms with Gasteiger partial charge in [0.2, 0.25) is 0 Å². The molecule has 1 aliphatic rings. The summed E-state index contributed by atoms with van der Waals surface area (Å²) in [5.41, 5.74) is 1.84. The van der Waals surface area contributed by atoms with Gasteiger partial charge in [-0.1, -0.05) is 25.5 Å². The Bertz CT molecular complexity index is 802. The molecule has 1 unspecified atom stereocenters. The predicted octanol–water partition coefficient (Wildman–Crippen LogP) is 3.46. The number of aliphatic imine (C=N–C) groups is 1. The van der Waals surface area contributed by atoms with E-state index in [1.165, 1.54) is 38.5 Å². The van der Waals surface area contributed by atoms with Crippen molar-refractivity contribution >= 4 is 17.6 Å². The number of amides is 1. The summed E-state index contributed by atoms with van der Waals surface area (Å²) in [5, 5.41) is 9.58. The first-order valence-electron chi connectivity index (χ1n) is 10.8. The van der Waals surface area contributed by atoms with E-state index in [9.17, 15) is 4.79 Å². The molecule has 1 amide bonds. The zero-order chi connectivity index (χ0) is 21.2. The molecular weight excluding hydrogens is 378 g/mol. The van der Waals surface area contributed by atoms with Gasteiger partial charge < -0.3 is 20.4 Å². The maximum atomic E-state index is 12.0. The molecule has 0 saturated carbocycles. The monoisotopic (exact) mass is 411 g/mol. The number of benzene rings is 1. The summed E-state index contributed by atoms with van der Waals surface area (Å²) < 4.78 is 5.11. The van der Waals surface area contributed by atoms with Crippen molar-refractivity contribution in [1.29, 1.82) is 0 Å². The van der Waals surface area contributed by atoms with Crippen LogP contribution in [0.25, 0.3) is 0 Å². The van der Waals surface area contributed by atoms with Crippen molar-refractivity contribution in [2.45, 2.75) is 45.2 Å². The number of nitrogens with one attached hydrogen (secondary N) is 3. The second kappa shape index (κ2) is 11.4. The molecule has 0 bridgehead atoms. The Morgan fingerprint density at radius 3 is 2.73 bits per heavy atom. The third-order valence-corrected chi connectivity index (χ3v) is 5.55. The van der Waals surface area contributed by atoms with Gasteiger partial charge in [-0.15, -0.1) is 0 Å². The molecule has 0 spiro atoms. The number of carbonyl (C=O) groups is 1. The molecular formula is C23H33N5O2. The van der Waals surface area contributed by atoms with E-state index in [1.807, 2.05) is 24.3 Å². The number of carbonyl (C=O) groups excluding carboxylic acids is 1. The Kier molecular flexibility index (Phi) is 8.32. The summed E-state index contributed by atoms with van der Waals surface area (Å²) in [5.74, 6) is 0.843. The SMILES string of the molecule is CCC1CCCCN1CCNC(=NC)NCc1ccc(NC(=O)c2ccco2)cc1. The number of rotatable bonds is 8. The van der Waals surface area contributed by atoms with Crippen LogP contribution in [-0.4, -0.2) is 49.5 Å². The zero-order valence-electron chi connectivity index (χ0n) is 18.0. The third kappa shape index (κ3) is 6.35. The second-order valence-corrected chi connectivity index (χ2v) is 7.57. The van der Waals surface area contributed by atoms with E-state index in [-0.39, 0.29) is 5.91 Å². The Hall–Kier alpha value is -2.80. The molecule has 3 rings (SSSR count). The largest absolute Gasteiger partial charge is 0.459 e. The molecule has 2 heterocycles. The van der Waals surface area contributed by atoms with Crippen molar-refractivity contribution in [3.05, 3.63) is 54.0 Å². The Balaban J connectivity index is 1.40. The fourth-order valence-corrected chi connectivity index (χ4v) is 3.85. The number of nitrogens with zero attached hydrogens (tertiary/aromatic N) is 2. The number of guanidine groups is 1. The maximum Gasteiger partial charge on any atom is 0.291 e. The molecule has 1 saturated heterocycles. The normalized spacial score (nSPS) is 17.5. The van der Waals surface area contributed by atoms with Gasteiger partial charge in [0.15, 0.2) is 11.7 Å². The molecule has 1 aromatic heterocycles. The number of anilines is 1. The lowest BCUT2D eigenvalue weighted by atomic mass is 10.0. The topological polar surface area (TPSA) is 81.9 Å². The van der Waals surface area contributed by atoms with Crippen LogP contribution in [0.2, 0.25) is 0 Å². The van der Waals surface area contributed by atoms with Crippen LogP contribution in [-0.2, 0) is 6.54 Å². The molecule has 0 radical (unpaired) electrons. The predicted molar refractivity (Wildman–Crippen MR) is 121 cm³/mol. The smallest absolute Gasteiger partial charge is 0.291 e. The molecule has 2 aromatic rings. The molecule has 1 aliphatic heterocycles. The first-order chi connectivity index (χ1) is 14.7. The van der Waals surface area contributed by atoms with Gasteiger partial charge in [-0.05, 0) is 55.6 Å². The number of piperidine rings is 1. The van der Waals surface area contributed by atoms with Crippen LogP contribution in [0.3, 0.4) is 0 Å². The Labute approximate surface area is 178 Å². The summed E-state index contributed by atoms with van der Waals surface area (Å²) in [7, 11) is 1.79. The lowest BCUT2D eigenvalue weighted by Crippen LogP contribution is -2.45. The van der Waals surface area contributed by atoms with Crippen LogP contribution >= 0.6 is 0 Å². The average molecular weight is 412 g/mol. The van der Waals surface area contributed by atoms with Crippen LogP contribution in [0.4, 0.5) is 5.69 Å². The Morgan fingerprint density at radius 1 is 1.20 bits per heavy atom. The minimum atomic E-state index is -0.255.